The maximum Gasteiger partial charge on any atom is 0.326 e. The van der Waals surface area contributed by atoms with E-state index < -0.39 is 5.54 Å². The van der Waals surface area contributed by atoms with Gasteiger partial charge in [-0.05, 0) is 66.3 Å². The standard InChI is InChI=1S/C17H34N2O2/c1-8-21-16(20)17(6,18-12(2)3)10-14(5)19(7)11-15-9-13(15)4/h12-15,18H,8-11H2,1-7H3. The number of nitrogens with one attached hydrogen (secondary N) is 1. The van der Waals surface area contributed by atoms with Crippen molar-refractivity contribution in [3.8, 4) is 0 Å². The highest BCUT2D eigenvalue weighted by Gasteiger charge is 2.39. The van der Waals surface area contributed by atoms with Crippen LogP contribution in [0.1, 0.15) is 54.4 Å². The third-order valence-corrected chi connectivity index (χ3v) is 4.59. The van der Waals surface area contributed by atoms with Crippen molar-refractivity contribution in [3.05, 3.63) is 0 Å². The first-order valence-electron chi connectivity index (χ1n) is 8.34. The first-order valence-corrected chi connectivity index (χ1v) is 8.34. The molecule has 1 aliphatic carbocycles. The lowest BCUT2D eigenvalue weighted by Gasteiger charge is -2.36. The Labute approximate surface area is 130 Å². The lowest BCUT2D eigenvalue weighted by atomic mass is 9.92. The molecule has 4 unspecified atom stereocenters. The first kappa shape index (κ1) is 18.4. The predicted octanol–water partition coefficient (Wildman–Crippen LogP) is 2.67. The molecule has 0 heterocycles. The van der Waals surface area contributed by atoms with Crippen LogP contribution < -0.4 is 5.32 Å². The van der Waals surface area contributed by atoms with Crippen LogP contribution in [0.25, 0.3) is 0 Å². The number of carbonyl (C=O) groups excluding carboxylic acids is 1. The third-order valence-electron chi connectivity index (χ3n) is 4.59. The average molecular weight is 298 g/mol. The summed E-state index contributed by atoms with van der Waals surface area (Å²) < 4.78 is 5.28. The Balaban J connectivity index is 2.63. The van der Waals surface area contributed by atoms with Crippen molar-refractivity contribution in [3.63, 3.8) is 0 Å². The monoisotopic (exact) mass is 298 g/mol. The number of carbonyl (C=O) groups is 1. The molecule has 4 heteroatoms. The molecule has 0 aromatic rings. The van der Waals surface area contributed by atoms with Gasteiger partial charge in [-0.2, -0.15) is 0 Å². The molecular weight excluding hydrogens is 264 g/mol. The second-order valence-electron chi connectivity index (χ2n) is 7.32. The van der Waals surface area contributed by atoms with Gasteiger partial charge in [0.25, 0.3) is 0 Å². The van der Waals surface area contributed by atoms with Gasteiger partial charge in [0.05, 0.1) is 6.61 Å². The van der Waals surface area contributed by atoms with E-state index in [1.807, 2.05) is 13.8 Å². The normalized spacial score (nSPS) is 25.8. The Morgan fingerprint density at radius 3 is 2.43 bits per heavy atom. The first-order chi connectivity index (χ1) is 9.69. The number of rotatable bonds is 9. The largest absolute Gasteiger partial charge is 0.465 e. The topological polar surface area (TPSA) is 41.6 Å². The summed E-state index contributed by atoms with van der Waals surface area (Å²) in [5, 5.41) is 3.40. The molecule has 1 N–H and O–H groups in total. The average Bonchev–Trinajstić information content (AvgIpc) is 3.03. The quantitative estimate of drug-likeness (QED) is 0.665. The summed E-state index contributed by atoms with van der Waals surface area (Å²) in [7, 11) is 2.16. The van der Waals surface area contributed by atoms with Crippen LogP contribution in [-0.2, 0) is 9.53 Å². The number of hydrogen-bond donors (Lipinski definition) is 1. The number of ether oxygens (including phenoxy) is 1. The van der Waals surface area contributed by atoms with Crippen LogP contribution in [-0.4, -0.2) is 48.7 Å². The SMILES string of the molecule is CCOC(=O)C(C)(CC(C)N(C)CC1CC1C)NC(C)C. The highest BCUT2D eigenvalue weighted by molar-refractivity contribution is 5.80. The summed E-state index contributed by atoms with van der Waals surface area (Å²) in [5.41, 5.74) is -0.618. The maximum atomic E-state index is 12.3. The van der Waals surface area contributed by atoms with Crippen LogP contribution in [0.3, 0.4) is 0 Å². The highest BCUT2D eigenvalue weighted by Crippen LogP contribution is 2.38. The fraction of sp³-hybridized carbons (Fsp3) is 0.941. The van der Waals surface area contributed by atoms with Crippen LogP contribution >= 0.6 is 0 Å². The van der Waals surface area contributed by atoms with E-state index in [-0.39, 0.29) is 12.0 Å². The minimum atomic E-state index is -0.618. The van der Waals surface area contributed by atoms with Crippen molar-refractivity contribution in [2.75, 3.05) is 20.2 Å². The van der Waals surface area contributed by atoms with E-state index in [9.17, 15) is 4.79 Å². The van der Waals surface area contributed by atoms with Crippen molar-refractivity contribution >= 4 is 5.97 Å². The Kier molecular flexibility index (Phi) is 6.67. The van der Waals surface area contributed by atoms with Gasteiger partial charge in [-0.3, -0.25) is 10.1 Å². The zero-order chi connectivity index (χ0) is 16.2. The maximum absolute atomic E-state index is 12.3. The Morgan fingerprint density at radius 1 is 1.43 bits per heavy atom. The lowest BCUT2D eigenvalue weighted by Crippen LogP contribution is -2.56. The Morgan fingerprint density at radius 2 is 2.00 bits per heavy atom. The van der Waals surface area contributed by atoms with Gasteiger partial charge in [-0.1, -0.05) is 6.92 Å². The molecular formula is C17H34N2O2. The molecule has 0 aromatic carbocycles. The summed E-state index contributed by atoms with van der Waals surface area (Å²) >= 11 is 0. The van der Waals surface area contributed by atoms with Crippen molar-refractivity contribution < 1.29 is 9.53 Å². The van der Waals surface area contributed by atoms with Crippen LogP contribution in [0.4, 0.5) is 0 Å². The molecule has 21 heavy (non-hydrogen) atoms. The molecule has 1 rings (SSSR count). The van der Waals surface area contributed by atoms with Gasteiger partial charge in [0, 0.05) is 18.6 Å². The van der Waals surface area contributed by atoms with Crippen molar-refractivity contribution in [2.24, 2.45) is 11.8 Å². The second-order valence-corrected chi connectivity index (χ2v) is 7.32. The van der Waals surface area contributed by atoms with Crippen LogP contribution in [0.15, 0.2) is 0 Å². The summed E-state index contributed by atoms with van der Waals surface area (Å²) in [6.45, 7) is 14.0. The van der Waals surface area contributed by atoms with Gasteiger partial charge >= 0.3 is 5.97 Å². The van der Waals surface area contributed by atoms with Gasteiger partial charge in [-0.25, -0.2) is 0 Å². The van der Waals surface area contributed by atoms with E-state index in [0.29, 0.717) is 12.6 Å². The molecule has 0 amide bonds. The van der Waals surface area contributed by atoms with E-state index >= 15 is 0 Å². The van der Waals surface area contributed by atoms with Gasteiger partial charge < -0.3 is 9.64 Å². The number of hydrogen-bond acceptors (Lipinski definition) is 4. The zero-order valence-corrected chi connectivity index (χ0v) is 14.9. The third kappa shape index (κ3) is 5.59. The second kappa shape index (κ2) is 7.59. The summed E-state index contributed by atoms with van der Waals surface area (Å²) in [6, 6.07) is 0.596. The number of nitrogens with zero attached hydrogens (tertiary/aromatic N) is 1. The molecule has 0 bridgehead atoms. The molecule has 1 fully saturated rings. The molecule has 0 spiro atoms. The van der Waals surface area contributed by atoms with Crippen molar-refractivity contribution in [1.29, 1.82) is 0 Å². The summed E-state index contributed by atoms with van der Waals surface area (Å²) in [5.74, 6) is 1.56. The molecule has 0 radical (unpaired) electrons. The molecule has 4 nitrogen and oxygen atoms in total. The fourth-order valence-corrected chi connectivity index (χ4v) is 3.08. The van der Waals surface area contributed by atoms with Crippen molar-refractivity contribution in [1.82, 2.24) is 10.2 Å². The van der Waals surface area contributed by atoms with Gasteiger partial charge in [0.1, 0.15) is 5.54 Å². The van der Waals surface area contributed by atoms with Gasteiger partial charge in [0.2, 0.25) is 0 Å². The molecule has 1 aliphatic rings. The van der Waals surface area contributed by atoms with Gasteiger partial charge in [-0.15, -0.1) is 0 Å². The molecule has 1 saturated carbocycles. The van der Waals surface area contributed by atoms with E-state index in [1.165, 1.54) is 6.42 Å². The fourth-order valence-electron chi connectivity index (χ4n) is 3.08. The Hall–Kier alpha value is -0.610. The van der Waals surface area contributed by atoms with E-state index in [0.717, 1.165) is 24.8 Å². The van der Waals surface area contributed by atoms with Crippen molar-refractivity contribution in [2.45, 2.75) is 72.0 Å². The molecule has 0 aromatic heterocycles. The minimum Gasteiger partial charge on any atom is -0.465 e. The summed E-state index contributed by atoms with van der Waals surface area (Å²) in [6.07, 6.45) is 2.11. The van der Waals surface area contributed by atoms with E-state index in [1.54, 1.807) is 0 Å². The lowest BCUT2D eigenvalue weighted by molar-refractivity contribution is -0.151. The molecule has 124 valence electrons. The zero-order valence-electron chi connectivity index (χ0n) is 14.9. The smallest absolute Gasteiger partial charge is 0.326 e. The highest BCUT2D eigenvalue weighted by atomic mass is 16.5. The van der Waals surface area contributed by atoms with E-state index in [2.05, 4.69) is 45.0 Å². The minimum absolute atomic E-state index is 0.140. The predicted molar refractivity (Wildman–Crippen MR) is 87.3 cm³/mol. The molecule has 0 aliphatic heterocycles. The molecule has 4 atom stereocenters. The van der Waals surface area contributed by atoms with Gasteiger partial charge in [0.15, 0.2) is 0 Å². The Bertz CT molecular complexity index is 346. The molecule has 0 saturated heterocycles. The van der Waals surface area contributed by atoms with Crippen LogP contribution in [0.5, 0.6) is 0 Å². The number of esters is 1. The summed E-state index contributed by atoms with van der Waals surface area (Å²) in [4.78, 5) is 14.7. The van der Waals surface area contributed by atoms with Crippen LogP contribution in [0, 0.1) is 11.8 Å². The van der Waals surface area contributed by atoms with Crippen LogP contribution in [0.2, 0.25) is 0 Å². The van der Waals surface area contributed by atoms with E-state index in [4.69, 9.17) is 4.74 Å².